The smallest absolute Gasteiger partial charge is 0.339 e. The largest absolute Gasteiger partial charge is 0.494 e. The van der Waals surface area contributed by atoms with E-state index in [1.54, 1.807) is 61.8 Å². The lowest BCUT2D eigenvalue weighted by Gasteiger charge is -2.33. The molecule has 2 aromatic heterocycles. The van der Waals surface area contributed by atoms with Gasteiger partial charge in [-0.25, -0.2) is 13.4 Å². The van der Waals surface area contributed by atoms with Crippen molar-refractivity contribution in [3.8, 4) is 5.75 Å². The lowest BCUT2D eigenvalue weighted by Crippen LogP contribution is -2.52. The van der Waals surface area contributed by atoms with Gasteiger partial charge in [0.1, 0.15) is 36.0 Å². The molecule has 4 aromatic rings. The van der Waals surface area contributed by atoms with Crippen LogP contribution in [-0.2, 0) is 85.3 Å². The molecule has 0 aliphatic carbocycles. The Labute approximate surface area is 634 Å². The number of hydrogen-bond donors (Lipinski definition) is 16. The first-order chi connectivity index (χ1) is 52.0. The lowest BCUT2D eigenvalue weighted by atomic mass is 10.1. The highest BCUT2D eigenvalue weighted by molar-refractivity contribution is 7.89. The molecule has 3 heterocycles. The summed E-state index contributed by atoms with van der Waals surface area (Å²) in [5.41, 5.74) is 0.951. The molecule has 0 radical (unpaired) electrons. The topological polar surface area (TPSA) is 572 Å². The van der Waals surface area contributed by atoms with Gasteiger partial charge >= 0.3 is 39.1 Å². The Balaban J connectivity index is 0.977. The Bertz CT molecular complexity index is 3900. The van der Waals surface area contributed by atoms with Crippen molar-refractivity contribution in [2.24, 2.45) is 7.05 Å². The second-order valence-electron chi connectivity index (χ2n) is 26.1. The van der Waals surface area contributed by atoms with Gasteiger partial charge in [0.2, 0.25) is 39.1 Å². The number of pyridine rings is 1. The maximum atomic E-state index is 13.8. The van der Waals surface area contributed by atoms with Gasteiger partial charge in [-0.05, 0) is 93.3 Å². The van der Waals surface area contributed by atoms with Crippen molar-refractivity contribution >= 4 is 95.5 Å². The number of hydrogen-bond acceptors (Lipinski definition) is 25. The fourth-order valence-corrected chi connectivity index (χ4v) is 14.8. The Morgan fingerprint density at radius 1 is 0.627 bits per heavy atom. The van der Waals surface area contributed by atoms with Crippen LogP contribution in [0.5, 0.6) is 5.75 Å². The van der Waals surface area contributed by atoms with E-state index in [2.05, 4.69) is 46.6 Å². The number of carbonyl (C=O) groups excluding carboxylic acids is 5. The van der Waals surface area contributed by atoms with Crippen molar-refractivity contribution in [3.05, 3.63) is 81.4 Å². The maximum Gasteiger partial charge on any atom is 0.339 e. The van der Waals surface area contributed by atoms with E-state index >= 15 is 0 Å². The zero-order valence-electron chi connectivity index (χ0n) is 61.7. The van der Waals surface area contributed by atoms with Crippen molar-refractivity contribution in [2.45, 2.75) is 82.3 Å². The number of nitrogens with one attached hydrogen (secondary N) is 8. The number of sulfonamides is 1. The second kappa shape index (κ2) is 47.1. The van der Waals surface area contributed by atoms with E-state index in [9.17, 15) is 105 Å². The number of aromatic nitrogens is 3. The number of anilines is 1. The van der Waals surface area contributed by atoms with Crippen LogP contribution in [0.3, 0.4) is 0 Å². The normalized spacial score (nSPS) is 14.5. The average Bonchev–Trinajstić information content (AvgIpc) is 1.51. The minimum Gasteiger partial charge on any atom is -0.494 e. The van der Waals surface area contributed by atoms with E-state index in [4.69, 9.17) is 18.9 Å². The summed E-state index contributed by atoms with van der Waals surface area (Å²) >= 11 is 0. The van der Waals surface area contributed by atoms with Gasteiger partial charge in [0.05, 0.1) is 76.2 Å². The fourth-order valence-electron chi connectivity index (χ4n) is 11.6. The number of rotatable bonds is 50. The molecule has 1 aliphatic rings. The highest BCUT2D eigenvalue weighted by atomic mass is 32.2. The third kappa shape index (κ3) is 36.2. The number of ether oxygens (including phenoxy) is 4. The molecule has 5 rings (SSSR count). The molecule has 1 saturated heterocycles. The molecule has 2 unspecified atom stereocenters. The van der Waals surface area contributed by atoms with Crippen LogP contribution in [0.25, 0.3) is 10.9 Å². The Morgan fingerprint density at radius 2 is 1.15 bits per heavy atom. The number of benzene rings is 2. The number of imidazole rings is 1. The number of aromatic amines is 1. The van der Waals surface area contributed by atoms with Crippen LogP contribution in [0.4, 0.5) is 5.95 Å². The Hall–Kier alpha value is -8.42. The zero-order chi connectivity index (χ0) is 81.0. The van der Waals surface area contributed by atoms with E-state index < -0.39 is 116 Å². The molecular formula is C66H103N15O26P2S. The van der Waals surface area contributed by atoms with Crippen LogP contribution in [0.1, 0.15) is 72.0 Å². The quantitative estimate of drug-likeness (QED) is 0.0163. The Kier molecular flexibility index (Phi) is 39.4. The van der Waals surface area contributed by atoms with E-state index in [0.717, 1.165) is 5.56 Å². The molecule has 5 amide bonds. The molecule has 0 bridgehead atoms. The van der Waals surface area contributed by atoms with Gasteiger partial charge in [-0.3, -0.25) is 81.6 Å². The van der Waals surface area contributed by atoms with Gasteiger partial charge in [-0.15, -0.1) is 0 Å². The number of aryl methyl sites for hydroxylation is 3. The number of unbranched alkanes of at least 4 members (excludes halogenated alkanes) is 1. The number of carboxylic acid groups (broad SMARTS) is 4. The molecule has 614 valence electrons. The number of carbonyl (C=O) groups is 9. The molecular weight excluding hydrogens is 1510 g/mol. The number of aliphatic carboxylic acids is 4. The SMILES string of the molecule is Cc1cc(OCCCC(=O)NCCCOCCOCCOCCCNC(=O)C(CCCCNC(=O)CN(CP(=O)(O)O)CP(=O)(O)O)NC(=O)CN2CCN(CC(=O)O)CCN(CC(=O)O)CCN(CC(=O)O)CC2)cc(C)c1S(=O)(=O)NC(CNC(=O)c1cn(C)c2cc(CNc3ncc[nH]3)ccc2c1=O)C(=O)O. The van der Waals surface area contributed by atoms with Crippen molar-refractivity contribution in [1.29, 1.82) is 0 Å². The summed E-state index contributed by atoms with van der Waals surface area (Å²) in [6, 6.07) is 5.06. The maximum absolute atomic E-state index is 13.8. The molecule has 1 fully saturated rings. The van der Waals surface area contributed by atoms with Gasteiger partial charge in [-0.1, -0.05) is 6.07 Å². The van der Waals surface area contributed by atoms with Crippen molar-refractivity contribution < 1.29 is 120 Å². The summed E-state index contributed by atoms with van der Waals surface area (Å²) in [6.45, 7) is 3.68. The minimum absolute atomic E-state index is 0.0275. The van der Waals surface area contributed by atoms with E-state index in [1.165, 1.54) is 32.2 Å². The van der Waals surface area contributed by atoms with Crippen LogP contribution in [0.2, 0.25) is 0 Å². The molecule has 41 nitrogen and oxygen atoms in total. The molecule has 110 heavy (non-hydrogen) atoms. The van der Waals surface area contributed by atoms with Gasteiger partial charge in [0.25, 0.3) is 5.91 Å². The molecule has 16 N–H and O–H groups in total. The summed E-state index contributed by atoms with van der Waals surface area (Å²) in [7, 11) is -12.5. The first-order valence-electron chi connectivity index (χ1n) is 35.4. The number of nitrogens with zero attached hydrogens (tertiary/aromatic N) is 7. The summed E-state index contributed by atoms with van der Waals surface area (Å²) in [6.07, 6.45) is 4.20. The number of H-pyrrole nitrogens is 1. The standard InChI is InChI=1S/C66H103N15O26P2S/c1-46-33-49(34-47(2)62(46)110(102,103)75-53(65(94)95)37-72-63(92)51-38-76(3)54-35-48(11-12-50(54)61(51)91)36-73-66-70-16-17-71-66)107-28-6-10-55(82)67-14-7-26-104-29-31-106-32-30-105-27-8-15-69-64(93)52(9-4-5-13-68-56(83)39-81(44-108(96,97)98)45-109(99,100)101)74-57(84)40-77-18-20-78(41-58(85)86)22-24-80(43-60(89)90)25-23-79(21-19-77)42-59(87)88/h11-12,16-17,33-35,38,52-53,75H,4-10,13-15,18-32,36-37,39-45H2,1-3H3,(H,67,82)(H,68,83)(H,69,93)(H,72,92)(H,74,84)(H,85,86)(H,87,88)(H,89,90)(H,94,95)(H2,70,71,73)(H2,96,97,98)(H2,99,100,101). The molecule has 1 aliphatic heterocycles. The molecule has 0 spiro atoms. The summed E-state index contributed by atoms with van der Waals surface area (Å²) in [4.78, 5) is 178. The minimum atomic E-state index is -4.81. The van der Waals surface area contributed by atoms with Gasteiger partial charge in [0.15, 0.2) is 5.95 Å². The highest BCUT2D eigenvalue weighted by Gasteiger charge is 2.32. The monoisotopic (exact) mass is 1620 g/mol. The molecule has 2 aromatic carbocycles. The van der Waals surface area contributed by atoms with Crippen LogP contribution in [0, 0.1) is 13.8 Å². The third-order valence-electron chi connectivity index (χ3n) is 16.7. The van der Waals surface area contributed by atoms with E-state index in [-0.39, 0.29) is 190 Å². The first kappa shape index (κ1) is 92.2. The number of amides is 5. The highest BCUT2D eigenvalue weighted by Crippen LogP contribution is 2.40. The van der Waals surface area contributed by atoms with Crippen LogP contribution in [0.15, 0.2) is 58.6 Å². The molecule has 44 heteroatoms. The van der Waals surface area contributed by atoms with Crippen LogP contribution < -0.4 is 46.8 Å². The van der Waals surface area contributed by atoms with Gasteiger partial charge in [0, 0.05) is 136 Å². The average molecular weight is 1620 g/mol. The van der Waals surface area contributed by atoms with Crippen LogP contribution >= 0.6 is 15.2 Å². The van der Waals surface area contributed by atoms with E-state index in [0.29, 0.717) is 61.1 Å². The van der Waals surface area contributed by atoms with Crippen molar-refractivity contribution in [1.82, 2.24) is 70.3 Å². The molecule has 2 atom stereocenters. The fraction of sp³-hybridized carbons (Fsp3) is 0.591. The summed E-state index contributed by atoms with van der Waals surface area (Å²) < 4.78 is 76.9. The van der Waals surface area contributed by atoms with E-state index in [1.807, 2.05) is 0 Å². The first-order valence-corrected chi connectivity index (χ1v) is 40.4. The Morgan fingerprint density at radius 3 is 1.66 bits per heavy atom. The summed E-state index contributed by atoms with van der Waals surface area (Å²) in [5.74, 6) is -7.20. The summed E-state index contributed by atoms with van der Waals surface area (Å²) in [5, 5.41) is 55.3. The lowest BCUT2D eigenvalue weighted by molar-refractivity contribution is -0.140. The zero-order valence-corrected chi connectivity index (χ0v) is 64.3. The van der Waals surface area contributed by atoms with Crippen molar-refractivity contribution in [3.63, 3.8) is 0 Å². The number of fused-ring (bicyclic) bond motifs is 1. The van der Waals surface area contributed by atoms with Crippen LogP contribution in [-0.4, -0.2) is 323 Å². The van der Waals surface area contributed by atoms with Gasteiger partial charge < -0.3 is 100 Å². The predicted octanol–water partition coefficient (Wildman–Crippen LogP) is -2.31. The van der Waals surface area contributed by atoms with Crippen molar-refractivity contribution in [2.75, 3.05) is 175 Å². The molecule has 0 saturated carbocycles. The number of carboxylic acids is 4. The third-order valence-corrected chi connectivity index (χ3v) is 20.1. The second-order valence-corrected chi connectivity index (χ2v) is 30.9. The van der Waals surface area contributed by atoms with Gasteiger partial charge in [-0.2, -0.15) is 4.72 Å². The predicted molar refractivity (Wildman–Crippen MR) is 396 cm³/mol.